The quantitative estimate of drug-likeness (QED) is 0.899. The highest BCUT2D eigenvalue weighted by molar-refractivity contribution is 5.94. The van der Waals surface area contributed by atoms with E-state index in [9.17, 15) is 14.4 Å². The fourth-order valence-electron chi connectivity index (χ4n) is 4.65. The first kappa shape index (κ1) is 16.8. The minimum absolute atomic E-state index is 0.00636. The summed E-state index contributed by atoms with van der Waals surface area (Å²) >= 11 is 0. The first-order chi connectivity index (χ1) is 12.5. The molecule has 0 radical (unpaired) electrons. The van der Waals surface area contributed by atoms with Crippen LogP contribution in [0.15, 0.2) is 46.1 Å². The zero-order valence-corrected chi connectivity index (χ0v) is 14.9. The number of hydrogen-bond donors (Lipinski definition) is 1. The van der Waals surface area contributed by atoms with Gasteiger partial charge in [-0.25, -0.2) is 4.79 Å². The van der Waals surface area contributed by atoms with E-state index in [1.165, 1.54) is 32.5 Å². The van der Waals surface area contributed by atoms with Gasteiger partial charge in [0, 0.05) is 25.2 Å². The van der Waals surface area contributed by atoms with E-state index in [4.69, 9.17) is 0 Å². The zero-order valence-electron chi connectivity index (χ0n) is 14.9. The number of amides is 1. The summed E-state index contributed by atoms with van der Waals surface area (Å²) in [7, 11) is 1.38. The zero-order chi connectivity index (χ0) is 18.3. The third-order valence-corrected chi connectivity index (χ3v) is 6.01. The van der Waals surface area contributed by atoms with Crippen molar-refractivity contribution in [2.75, 3.05) is 6.54 Å². The van der Waals surface area contributed by atoms with Crippen molar-refractivity contribution < 1.29 is 4.79 Å². The molecule has 1 aromatic heterocycles. The molecule has 2 heterocycles. The summed E-state index contributed by atoms with van der Waals surface area (Å²) in [6.45, 7) is 0.674. The third kappa shape index (κ3) is 2.52. The molecule has 1 N–H and O–H groups in total. The maximum absolute atomic E-state index is 13.1. The van der Waals surface area contributed by atoms with Gasteiger partial charge in [-0.3, -0.25) is 14.2 Å². The van der Waals surface area contributed by atoms with Crippen LogP contribution < -0.4 is 11.2 Å². The van der Waals surface area contributed by atoms with Crippen LogP contribution in [0.5, 0.6) is 0 Å². The van der Waals surface area contributed by atoms with E-state index in [-0.39, 0.29) is 22.9 Å². The third-order valence-electron chi connectivity index (χ3n) is 6.01. The van der Waals surface area contributed by atoms with Gasteiger partial charge in [-0.05, 0) is 18.4 Å². The molecular weight excluding hydrogens is 330 g/mol. The van der Waals surface area contributed by atoms with Crippen LogP contribution in [0, 0.1) is 5.41 Å². The largest absolute Gasteiger partial charge is 0.330 e. The predicted molar refractivity (Wildman–Crippen MR) is 98.0 cm³/mol. The number of nitrogens with one attached hydrogen (secondary N) is 1. The summed E-state index contributed by atoms with van der Waals surface area (Å²) in [5, 5.41) is 0. The van der Waals surface area contributed by atoms with Crippen molar-refractivity contribution in [3.05, 3.63) is 68.5 Å². The number of nitrogens with zero attached hydrogens (tertiary/aromatic N) is 2. The van der Waals surface area contributed by atoms with Crippen LogP contribution in [0.25, 0.3) is 0 Å². The van der Waals surface area contributed by atoms with Crippen molar-refractivity contribution >= 4 is 5.91 Å². The van der Waals surface area contributed by atoms with Crippen LogP contribution in [0.1, 0.15) is 54.1 Å². The van der Waals surface area contributed by atoms with E-state index in [1.54, 1.807) is 4.90 Å². The summed E-state index contributed by atoms with van der Waals surface area (Å²) in [5.74, 6) is -0.299. The average Bonchev–Trinajstić information content (AvgIpc) is 2.65. The number of hydrogen-bond acceptors (Lipinski definition) is 3. The molecule has 1 aromatic carbocycles. The van der Waals surface area contributed by atoms with E-state index in [1.807, 2.05) is 18.2 Å². The summed E-state index contributed by atoms with van der Waals surface area (Å²) in [5.41, 5.74) is 0.200. The first-order valence-corrected chi connectivity index (χ1v) is 9.18. The van der Waals surface area contributed by atoms with E-state index in [0.717, 1.165) is 23.0 Å². The van der Waals surface area contributed by atoms with Gasteiger partial charge < -0.3 is 9.88 Å². The first-order valence-electron chi connectivity index (χ1n) is 9.18. The van der Waals surface area contributed by atoms with Gasteiger partial charge in [-0.2, -0.15) is 0 Å². The maximum Gasteiger partial charge on any atom is 0.328 e. The normalized spacial score (nSPS) is 21.4. The second kappa shape index (κ2) is 6.27. The van der Waals surface area contributed by atoms with E-state index < -0.39 is 11.2 Å². The van der Waals surface area contributed by atoms with Crippen LogP contribution in [-0.2, 0) is 7.05 Å². The Hall–Kier alpha value is -2.63. The van der Waals surface area contributed by atoms with Crippen molar-refractivity contribution in [1.29, 1.82) is 0 Å². The highest BCUT2D eigenvalue weighted by atomic mass is 16.2. The van der Waals surface area contributed by atoms with Crippen molar-refractivity contribution in [3.63, 3.8) is 0 Å². The number of aromatic amines is 1. The molecule has 4 rings (SSSR count). The number of carbonyl (C=O) groups excluding carboxylic acids is 1. The molecule has 2 fully saturated rings. The fraction of sp³-hybridized carbons (Fsp3) is 0.450. The summed E-state index contributed by atoms with van der Waals surface area (Å²) in [4.78, 5) is 41.4. The van der Waals surface area contributed by atoms with Crippen LogP contribution >= 0.6 is 0 Å². The molecule has 1 unspecified atom stereocenters. The second-order valence-electron chi connectivity index (χ2n) is 7.54. The average molecular weight is 353 g/mol. The highest BCUT2D eigenvalue weighted by Crippen LogP contribution is 2.57. The highest BCUT2D eigenvalue weighted by Gasteiger charge is 2.55. The fourth-order valence-corrected chi connectivity index (χ4v) is 4.65. The van der Waals surface area contributed by atoms with Gasteiger partial charge in [0.1, 0.15) is 5.56 Å². The molecule has 1 spiro atoms. The van der Waals surface area contributed by atoms with Gasteiger partial charge in [-0.15, -0.1) is 0 Å². The van der Waals surface area contributed by atoms with E-state index >= 15 is 0 Å². The molecule has 1 aliphatic heterocycles. The molecule has 1 saturated heterocycles. The molecule has 6 nitrogen and oxygen atoms in total. The molecule has 2 aliphatic rings. The molecule has 6 heteroatoms. The van der Waals surface area contributed by atoms with Gasteiger partial charge in [0.25, 0.3) is 11.5 Å². The Bertz CT molecular complexity index is 939. The smallest absolute Gasteiger partial charge is 0.328 e. The summed E-state index contributed by atoms with van der Waals surface area (Å²) in [6.07, 6.45) is 7.09. The Morgan fingerprint density at radius 1 is 1.12 bits per heavy atom. The van der Waals surface area contributed by atoms with Crippen LogP contribution in [0.2, 0.25) is 0 Å². The van der Waals surface area contributed by atoms with Gasteiger partial charge in [-0.1, -0.05) is 49.6 Å². The lowest BCUT2D eigenvalue weighted by molar-refractivity contribution is -0.0771. The number of likely N-dealkylation sites (tertiary alicyclic amines) is 1. The predicted octanol–water partition coefficient (Wildman–Crippen LogP) is 2.22. The molecule has 2 aromatic rings. The van der Waals surface area contributed by atoms with Crippen LogP contribution in [0.3, 0.4) is 0 Å². The summed E-state index contributed by atoms with van der Waals surface area (Å²) in [6, 6.07) is 10.1. The lowest BCUT2D eigenvalue weighted by Gasteiger charge is -2.59. The summed E-state index contributed by atoms with van der Waals surface area (Å²) < 4.78 is 0.945. The lowest BCUT2D eigenvalue weighted by atomic mass is 9.61. The molecule has 26 heavy (non-hydrogen) atoms. The van der Waals surface area contributed by atoms with Gasteiger partial charge in [0.2, 0.25) is 0 Å². The Balaban J connectivity index is 1.72. The standard InChI is InChI=1S/C20H23N3O3/c1-22-17(24)15(12-21-19(22)26)18(25)23-13-20(10-6-3-7-11-20)16(23)14-8-4-2-5-9-14/h2,4-5,8-9,12,16H,3,6-7,10-11,13H2,1H3,(H,21,26). The topological polar surface area (TPSA) is 75.2 Å². The molecule has 1 atom stereocenters. The van der Waals surface area contributed by atoms with Gasteiger partial charge in [0.15, 0.2) is 0 Å². The second-order valence-corrected chi connectivity index (χ2v) is 7.54. The Kier molecular flexibility index (Phi) is 4.05. The number of H-pyrrole nitrogens is 1. The molecule has 1 amide bonds. The van der Waals surface area contributed by atoms with Gasteiger partial charge >= 0.3 is 5.69 Å². The molecule has 1 aliphatic carbocycles. The van der Waals surface area contributed by atoms with Gasteiger partial charge in [0.05, 0.1) is 6.04 Å². The minimum atomic E-state index is -0.546. The van der Waals surface area contributed by atoms with Crippen molar-refractivity contribution in [2.45, 2.75) is 38.1 Å². The Morgan fingerprint density at radius 2 is 1.81 bits per heavy atom. The van der Waals surface area contributed by atoms with E-state index in [2.05, 4.69) is 17.1 Å². The molecule has 136 valence electrons. The molecule has 1 saturated carbocycles. The number of carbonyl (C=O) groups is 1. The van der Waals surface area contributed by atoms with E-state index in [0.29, 0.717) is 6.54 Å². The molecule has 0 bridgehead atoms. The SMILES string of the molecule is Cn1c(=O)[nH]cc(C(=O)N2CC3(CCCCC3)C2c2ccccc2)c1=O. The van der Waals surface area contributed by atoms with Crippen molar-refractivity contribution in [3.8, 4) is 0 Å². The number of aromatic nitrogens is 2. The monoisotopic (exact) mass is 353 g/mol. The van der Waals surface area contributed by atoms with Crippen LogP contribution in [-0.4, -0.2) is 26.9 Å². The minimum Gasteiger partial charge on any atom is -0.330 e. The molecular formula is C20H23N3O3. The lowest BCUT2D eigenvalue weighted by Crippen LogP contribution is -2.61. The maximum atomic E-state index is 13.1. The van der Waals surface area contributed by atoms with Crippen molar-refractivity contribution in [2.24, 2.45) is 12.5 Å². The van der Waals surface area contributed by atoms with Crippen molar-refractivity contribution in [1.82, 2.24) is 14.5 Å². The number of benzene rings is 1. The Morgan fingerprint density at radius 3 is 2.50 bits per heavy atom. The number of rotatable bonds is 2. The Labute approximate surface area is 151 Å². The van der Waals surface area contributed by atoms with Crippen LogP contribution in [0.4, 0.5) is 0 Å².